The molecule has 0 aliphatic heterocycles. The fraction of sp³-hybridized carbons (Fsp3) is 0.400. The molecule has 0 atom stereocenters. The van der Waals surface area contributed by atoms with Crippen LogP contribution in [0.25, 0.3) is 0 Å². The van der Waals surface area contributed by atoms with E-state index in [2.05, 4.69) is 40.4 Å². The lowest BCUT2D eigenvalue weighted by atomic mass is 10.1. The molecule has 1 nitrogen and oxygen atoms in total. The number of hydrogen-bond acceptors (Lipinski definition) is 2. The van der Waals surface area contributed by atoms with Gasteiger partial charge in [0.25, 0.3) is 0 Å². The summed E-state index contributed by atoms with van der Waals surface area (Å²) in [6.45, 7) is 0.765. The van der Waals surface area contributed by atoms with Gasteiger partial charge in [0.2, 0.25) is 0 Å². The Morgan fingerprint density at radius 2 is 2.15 bits per heavy atom. The molecule has 2 N–H and O–H groups in total. The van der Waals surface area contributed by atoms with Crippen LogP contribution in [-0.4, -0.2) is 12.8 Å². The van der Waals surface area contributed by atoms with E-state index in [0.717, 1.165) is 23.9 Å². The molecule has 1 rings (SSSR count). The largest absolute Gasteiger partial charge is 0.330 e. The first kappa shape index (κ1) is 11.1. The van der Waals surface area contributed by atoms with Gasteiger partial charge < -0.3 is 5.73 Å². The Hall–Kier alpha value is 0.01000. The molecule has 0 aliphatic carbocycles. The van der Waals surface area contributed by atoms with Crippen LogP contribution in [0.3, 0.4) is 0 Å². The van der Waals surface area contributed by atoms with Crippen LogP contribution in [0.5, 0.6) is 0 Å². The molecule has 1 aromatic carbocycles. The molecule has 0 unspecified atom stereocenters. The Morgan fingerprint density at radius 3 is 2.77 bits per heavy atom. The Balaban J connectivity index is 2.76. The Morgan fingerprint density at radius 1 is 1.38 bits per heavy atom. The topological polar surface area (TPSA) is 26.0 Å². The Bertz CT molecular complexity index is 276. The van der Waals surface area contributed by atoms with E-state index in [1.807, 2.05) is 0 Å². The van der Waals surface area contributed by atoms with Crippen LogP contribution in [0, 0.1) is 0 Å². The van der Waals surface area contributed by atoms with E-state index in [-0.39, 0.29) is 0 Å². The minimum atomic E-state index is 0.765. The number of halogens is 1. The molecule has 0 radical (unpaired) electrons. The van der Waals surface area contributed by atoms with Gasteiger partial charge in [0, 0.05) is 9.37 Å². The van der Waals surface area contributed by atoms with Crippen LogP contribution in [0.2, 0.25) is 0 Å². The summed E-state index contributed by atoms with van der Waals surface area (Å²) in [5, 5.41) is 0. The fourth-order valence-electron chi connectivity index (χ4n) is 1.19. The van der Waals surface area contributed by atoms with Gasteiger partial charge in [-0.1, -0.05) is 15.9 Å². The number of aryl methyl sites for hydroxylation is 1. The van der Waals surface area contributed by atoms with Crippen molar-refractivity contribution in [3.63, 3.8) is 0 Å². The van der Waals surface area contributed by atoms with E-state index >= 15 is 0 Å². The standard InChI is InChI=1S/C10H14BrNS/c1-13-10-6-8(3-2-4-12)5-9(11)7-10/h5-7H,2-4,12H2,1H3. The van der Waals surface area contributed by atoms with E-state index < -0.39 is 0 Å². The molecule has 72 valence electrons. The molecule has 0 spiro atoms. The van der Waals surface area contributed by atoms with Crippen molar-refractivity contribution in [2.24, 2.45) is 5.73 Å². The molecule has 0 bridgehead atoms. The first-order valence-corrected chi connectivity index (χ1v) is 6.31. The van der Waals surface area contributed by atoms with Crippen LogP contribution < -0.4 is 5.73 Å². The second-order valence-corrected chi connectivity index (χ2v) is 4.69. The molecule has 0 aromatic heterocycles. The molecule has 0 saturated carbocycles. The average molecular weight is 260 g/mol. The maximum Gasteiger partial charge on any atom is 0.0189 e. The van der Waals surface area contributed by atoms with Gasteiger partial charge in [-0.3, -0.25) is 0 Å². The Labute approximate surface area is 92.2 Å². The number of thioether (sulfide) groups is 1. The third-order valence-electron chi connectivity index (χ3n) is 1.84. The van der Waals surface area contributed by atoms with Crippen LogP contribution in [0.4, 0.5) is 0 Å². The van der Waals surface area contributed by atoms with Crippen molar-refractivity contribution in [3.05, 3.63) is 28.2 Å². The molecule has 0 fully saturated rings. The van der Waals surface area contributed by atoms with E-state index in [0.29, 0.717) is 0 Å². The van der Waals surface area contributed by atoms with Crippen LogP contribution >= 0.6 is 27.7 Å². The zero-order valence-corrected chi connectivity index (χ0v) is 10.1. The van der Waals surface area contributed by atoms with Gasteiger partial charge in [-0.15, -0.1) is 11.8 Å². The predicted molar refractivity (Wildman–Crippen MR) is 63.3 cm³/mol. The zero-order chi connectivity index (χ0) is 9.68. The van der Waals surface area contributed by atoms with Crippen LogP contribution in [0.1, 0.15) is 12.0 Å². The van der Waals surface area contributed by atoms with Gasteiger partial charge in [-0.2, -0.15) is 0 Å². The van der Waals surface area contributed by atoms with Gasteiger partial charge in [0.05, 0.1) is 0 Å². The molecule has 1 aromatic rings. The van der Waals surface area contributed by atoms with Gasteiger partial charge in [0.15, 0.2) is 0 Å². The number of rotatable bonds is 4. The quantitative estimate of drug-likeness (QED) is 0.842. The molecule has 0 saturated heterocycles. The maximum atomic E-state index is 5.47. The lowest BCUT2D eigenvalue weighted by Gasteiger charge is -2.04. The number of hydrogen-bond donors (Lipinski definition) is 1. The normalized spacial score (nSPS) is 10.4. The van der Waals surface area contributed by atoms with Crippen molar-refractivity contribution in [2.75, 3.05) is 12.8 Å². The minimum absolute atomic E-state index is 0.765. The molecular formula is C10H14BrNS. The van der Waals surface area contributed by atoms with E-state index in [9.17, 15) is 0 Å². The second-order valence-electron chi connectivity index (χ2n) is 2.89. The zero-order valence-electron chi connectivity index (χ0n) is 7.72. The van der Waals surface area contributed by atoms with Crippen molar-refractivity contribution in [1.29, 1.82) is 0 Å². The monoisotopic (exact) mass is 259 g/mol. The third kappa shape index (κ3) is 3.71. The summed E-state index contributed by atoms with van der Waals surface area (Å²) >= 11 is 5.27. The molecule has 0 amide bonds. The van der Waals surface area contributed by atoms with Gasteiger partial charge in [0.1, 0.15) is 0 Å². The molecule has 13 heavy (non-hydrogen) atoms. The second kappa shape index (κ2) is 5.68. The summed E-state index contributed by atoms with van der Waals surface area (Å²) in [4.78, 5) is 1.31. The lowest BCUT2D eigenvalue weighted by Crippen LogP contribution is -2.00. The van der Waals surface area contributed by atoms with Gasteiger partial charge in [-0.05, 0) is 49.4 Å². The van der Waals surface area contributed by atoms with Crippen molar-refractivity contribution >= 4 is 27.7 Å². The summed E-state index contributed by atoms with van der Waals surface area (Å²) in [7, 11) is 0. The lowest BCUT2D eigenvalue weighted by molar-refractivity contribution is 0.830. The van der Waals surface area contributed by atoms with Crippen molar-refractivity contribution in [1.82, 2.24) is 0 Å². The third-order valence-corrected chi connectivity index (χ3v) is 3.00. The number of nitrogens with two attached hydrogens (primary N) is 1. The first-order valence-electron chi connectivity index (χ1n) is 4.30. The summed E-state index contributed by atoms with van der Waals surface area (Å²) < 4.78 is 1.16. The summed E-state index contributed by atoms with van der Waals surface area (Å²) in [6.07, 6.45) is 4.22. The highest BCUT2D eigenvalue weighted by atomic mass is 79.9. The van der Waals surface area contributed by atoms with Gasteiger partial charge >= 0.3 is 0 Å². The summed E-state index contributed by atoms with van der Waals surface area (Å²) in [6, 6.07) is 6.52. The molecule has 3 heteroatoms. The van der Waals surface area contributed by atoms with Crippen LogP contribution in [0.15, 0.2) is 27.6 Å². The molecular weight excluding hydrogens is 246 g/mol. The highest BCUT2D eigenvalue weighted by Gasteiger charge is 1.98. The SMILES string of the molecule is CSc1cc(Br)cc(CCCN)c1. The van der Waals surface area contributed by atoms with Crippen LogP contribution in [-0.2, 0) is 6.42 Å². The minimum Gasteiger partial charge on any atom is -0.330 e. The Kier molecular flexibility index (Phi) is 4.84. The van der Waals surface area contributed by atoms with Crippen molar-refractivity contribution in [2.45, 2.75) is 17.7 Å². The average Bonchev–Trinajstić information content (AvgIpc) is 2.14. The maximum absolute atomic E-state index is 5.47. The van der Waals surface area contributed by atoms with E-state index in [1.165, 1.54) is 10.5 Å². The first-order chi connectivity index (χ1) is 6.26. The summed E-state index contributed by atoms with van der Waals surface area (Å²) in [5.74, 6) is 0. The van der Waals surface area contributed by atoms with Crippen molar-refractivity contribution in [3.8, 4) is 0 Å². The van der Waals surface area contributed by atoms with Gasteiger partial charge in [-0.25, -0.2) is 0 Å². The highest BCUT2D eigenvalue weighted by Crippen LogP contribution is 2.23. The van der Waals surface area contributed by atoms with E-state index in [1.54, 1.807) is 11.8 Å². The van der Waals surface area contributed by atoms with Crippen molar-refractivity contribution < 1.29 is 0 Å². The molecule has 0 aliphatic rings. The highest BCUT2D eigenvalue weighted by molar-refractivity contribution is 9.10. The smallest absolute Gasteiger partial charge is 0.0189 e. The summed E-state index contributed by atoms with van der Waals surface area (Å²) in [5.41, 5.74) is 6.83. The predicted octanol–water partition coefficient (Wildman–Crippen LogP) is 3.06. The fourth-order valence-corrected chi connectivity index (χ4v) is 2.40. The molecule has 0 heterocycles. The van der Waals surface area contributed by atoms with E-state index in [4.69, 9.17) is 5.73 Å². The number of benzene rings is 1.